The van der Waals surface area contributed by atoms with Gasteiger partial charge >= 0.3 is 6.09 Å². The van der Waals surface area contributed by atoms with E-state index in [0.29, 0.717) is 39.6 Å². The molecule has 212 valence electrons. The molecule has 1 aromatic heterocycles. The molecular formula is C29H29BrCl2FN3O4. The van der Waals surface area contributed by atoms with Gasteiger partial charge in [-0.15, -0.1) is 0 Å². The second-order valence-electron chi connectivity index (χ2n) is 10.4. The molecule has 0 unspecified atom stereocenters. The fourth-order valence-corrected chi connectivity index (χ4v) is 5.34. The highest BCUT2D eigenvalue weighted by Crippen LogP contribution is 2.41. The number of carbonyl (C=O) groups is 2. The Morgan fingerprint density at radius 1 is 1.15 bits per heavy atom. The largest absolute Gasteiger partial charge is 0.481 e. The standard InChI is InChI=1S/C29H29BrCl2FN3O4/c1-29(2,3)40-28(38)36(14-16-11-12-24(37)34-16)15-20-22(33)13-23(35-27(20)39-4)19-9-5-7-17(25(19)31)18-8-6-10-21(30)26(18)32/h5-10,13,16H,11-12,14-15H2,1-4H3,(H,34,37)/t16-/m0/s1. The number of halogens is 4. The van der Waals surface area contributed by atoms with E-state index in [-0.39, 0.29) is 42.2 Å². The van der Waals surface area contributed by atoms with Crippen molar-refractivity contribution in [1.82, 2.24) is 15.2 Å². The van der Waals surface area contributed by atoms with Crippen LogP contribution in [0.5, 0.6) is 5.88 Å². The van der Waals surface area contributed by atoms with Crippen molar-refractivity contribution in [3.8, 4) is 28.3 Å². The van der Waals surface area contributed by atoms with Gasteiger partial charge in [0.15, 0.2) is 0 Å². The third kappa shape index (κ3) is 6.87. The highest BCUT2D eigenvalue weighted by Gasteiger charge is 2.30. The summed E-state index contributed by atoms with van der Waals surface area (Å²) in [5.74, 6) is -0.721. The van der Waals surface area contributed by atoms with Gasteiger partial charge in [-0.3, -0.25) is 4.79 Å². The lowest BCUT2D eigenvalue weighted by atomic mass is 10.0. The van der Waals surface area contributed by atoms with Crippen molar-refractivity contribution in [2.45, 2.75) is 51.8 Å². The summed E-state index contributed by atoms with van der Waals surface area (Å²) >= 11 is 16.7. The van der Waals surface area contributed by atoms with Crippen molar-refractivity contribution in [1.29, 1.82) is 0 Å². The number of hydrogen-bond acceptors (Lipinski definition) is 5. The van der Waals surface area contributed by atoms with Crippen molar-refractivity contribution in [3.63, 3.8) is 0 Å². The van der Waals surface area contributed by atoms with E-state index < -0.39 is 17.5 Å². The van der Waals surface area contributed by atoms with Crippen LogP contribution in [0.2, 0.25) is 10.0 Å². The van der Waals surface area contributed by atoms with E-state index in [2.05, 4.69) is 26.2 Å². The first-order valence-electron chi connectivity index (χ1n) is 12.6. The molecule has 0 aliphatic carbocycles. The third-order valence-electron chi connectivity index (χ3n) is 6.27. The van der Waals surface area contributed by atoms with Crippen LogP contribution in [0, 0.1) is 5.82 Å². The molecule has 1 saturated heterocycles. The SMILES string of the molecule is COc1nc(-c2cccc(-c3cccc(Br)c3Cl)c2Cl)cc(F)c1CN(C[C@@H]1CCC(=O)N1)C(=O)OC(C)(C)C. The molecule has 1 N–H and O–H groups in total. The van der Waals surface area contributed by atoms with Gasteiger partial charge < -0.3 is 19.7 Å². The van der Waals surface area contributed by atoms with Crippen LogP contribution >= 0.6 is 39.1 Å². The zero-order valence-corrected chi connectivity index (χ0v) is 25.6. The Bertz CT molecular complexity index is 1450. The van der Waals surface area contributed by atoms with E-state index >= 15 is 4.39 Å². The van der Waals surface area contributed by atoms with Crippen LogP contribution in [0.15, 0.2) is 46.9 Å². The summed E-state index contributed by atoms with van der Waals surface area (Å²) in [4.78, 5) is 30.7. The molecule has 1 aliphatic heterocycles. The average molecular weight is 653 g/mol. The Labute approximate surface area is 251 Å². The fraction of sp³-hybridized carbons (Fsp3) is 0.345. The topological polar surface area (TPSA) is 80.8 Å². The number of benzene rings is 2. The second kappa shape index (κ2) is 12.3. The molecule has 11 heteroatoms. The lowest BCUT2D eigenvalue weighted by Crippen LogP contribution is -2.44. The van der Waals surface area contributed by atoms with Crippen molar-refractivity contribution in [3.05, 3.63) is 68.4 Å². The normalized spacial score (nSPS) is 15.1. The van der Waals surface area contributed by atoms with Gasteiger partial charge in [-0.2, -0.15) is 0 Å². The van der Waals surface area contributed by atoms with Crippen LogP contribution < -0.4 is 10.1 Å². The third-order valence-corrected chi connectivity index (χ3v) is 7.97. The Morgan fingerprint density at radius 2 is 1.80 bits per heavy atom. The summed E-state index contributed by atoms with van der Waals surface area (Å²) in [7, 11) is 1.38. The van der Waals surface area contributed by atoms with E-state index in [4.69, 9.17) is 32.7 Å². The Kier molecular flexibility index (Phi) is 9.27. The smallest absolute Gasteiger partial charge is 0.410 e. The van der Waals surface area contributed by atoms with Gasteiger partial charge in [0.25, 0.3) is 0 Å². The minimum absolute atomic E-state index is 0.000902. The van der Waals surface area contributed by atoms with Gasteiger partial charge in [-0.25, -0.2) is 14.2 Å². The van der Waals surface area contributed by atoms with Crippen molar-refractivity contribution in [2.24, 2.45) is 0 Å². The molecule has 2 aromatic carbocycles. The zero-order chi connectivity index (χ0) is 29.2. The number of amides is 2. The van der Waals surface area contributed by atoms with E-state index in [1.165, 1.54) is 18.1 Å². The van der Waals surface area contributed by atoms with Gasteiger partial charge in [-0.05, 0) is 49.2 Å². The maximum Gasteiger partial charge on any atom is 0.410 e. The molecule has 0 saturated carbocycles. The summed E-state index contributed by atoms with van der Waals surface area (Å²) in [5.41, 5.74) is 1.41. The second-order valence-corrected chi connectivity index (χ2v) is 12.0. The van der Waals surface area contributed by atoms with E-state index in [1.54, 1.807) is 32.9 Å². The van der Waals surface area contributed by atoms with Crippen LogP contribution in [0.4, 0.5) is 9.18 Å². The molecule has 2 amide bonds. The summed E-state index contributed by atoms with van der Waals surface area (Å²) in [6, 6.07) is 11.8. The molecular weight excluding hydrogens is 624 g/mol. The molecule has 1 fully saturated rings. The zero-order valence-electron chi connectivity index (χ0n) is 22.5. The van der Waals surface area contributed by atoms with Gasteiger partial charge in [0.2, 0.25) is 11.8 Å². The minimum Gasteiger partial charge on any atom is -0.481 e. The average Bonchev–Trinajstić information content (AvgIpc) is 3.30. The molecule has 0 bridgehead atoms. The predicted octanol–water partition coefficient (Wildman–Crippen LogP) is 7.65. The molecule has 1 atom stereocenters. The quantitative estimate of drug-likeness (QED) is 0.284. The minimum atomic E-state index is -0.766. The number of aromatic nitrogens is 1. The van der Waals surface area contributed by atoms with Gasteiger partial charge in [0.1, 0.15) is 11.4 Å². The van der Waals surface area contributed by atoms with Crippen LogP contribution in [-0.4, -0.2) is 47.2 Å². The number of carbonyl (C=O) groups excluding carboxylic acids is 2. The van der Waals surface area contributed by atoms with Crippen molar-refractivity contribution in [2.75, 3.05) is 13.7 Å². The van der Waals surface area contributed by atoms with E-state index in [9.17, 15) is 9.59 Å². The van der Waals surface area contributed by atoms with Gasteiger partial charge in [0.05, 0.1) is 35.0 Å². The first-order valence-corrected chi connectivity index (χ1v) is 14.2. The molecule has 2 heterocycles. The van der Waals surface area contributed by atoms with Crippen LogP contribution in [0.25, 0.3) is 22.4 Å². The summed E-state index contributed by atoms with van der Waals surface area (Å²) in [6.45, 7) is 5.21. The molecule has 0 spiro atoms. The van der Waals surface area contributed by atoms with Crippen molar-refractivity contribution >= 4 is 51.1 Å². The number of pyridine rings is 1. The highest BCUT2D eigenvalue weighted by molar-refractivity contribution is 9.10. The van der Waals surface area contributed by atoms with Crippen LogP contribution in [0.1, 0.15) is 39.2 Å². The first-order chi connectivity index (χ1) is 18.9. The predicted molar refractivity (Wildman–Crippen MR) is 157 cm³/mol. The number of hydrogen-bond donors (Lipinski definition) is 1. The Morgan fingerprint density at radius 3 is 2.42 bits per heavy atom. The lowest BCUT2D eigenvalue weighted by molar-refractivity contribution is -0.119. The molecule has 1 aliphatic rings. The van der Waals surface area contributed by atoms with Gasteiger partial charge in [0, 0.05) is 46.2 Å². The van der Waals surface area contributed by atoms with Crippen LogP contribution in [-0.2, 0) is 16.1 Å². The Balaban J connectivity index is 1.70. The summed E-state index contributed by atoms with van der Waals surface area (Å²) in [5, 5.41) is 3.68. The Hall–Kier alpha value is -2.88. The number of rotatable bonds is 7. The molecule has 40 heavy (non-hydrogen) atoms. The maximum atomic E-state index is 15.8. The number of methoxy groups -OCH3 is 1. The van der Waals surface area contributed by atoms with E-state index in [1.807, 2.05) is 24.3 Å². The number of nitrogens with one attached hydrogen (secondary N) is 1. The highest BCUT2D eigenvalue weighted by atomic mass is 79.9. The monoisotopic (exact) mass is 651 g/mol. The molecule has 0 radical (unpaired) electrons. The number of ether oxygens (including phenoxy) is 2. The first kappa shape index (κ1) is 30.1. The van der Waals surface area contributed by atoms with Crippen molar-refractivity contribution < 1.29 is 23.5 Å². The molecule has 4 rings (SSSR count). The summed E-state index contributed by atoms with van der Waals surface area (Å²) < 4.78 is 27.5. The molecule has 3 aromatic rings. The van der Waals surface area contributed by atoms with Crippen LogP contribution in [0.3, 0.4) is 0 Å². The van der Waals surface area contributed by atoms with Gasteiger partial charge in [-0.1, -0.05) is 53.5 Å². The maximum absolute atomic E-state index is 15.8. The lowest BCUT2D eigenvalue weighted by Gasteiger charge is -2.29. The fourth-order valence-electron chi connectivity index (χ4n) is 4.42. The summed E-state index contributed by atoms with van der Waals surface area (Å²) in [6.07, 6.45) is 0.290. The number of nitrogens with zero attached hydrogens (tertiary/aromatic N) is 2. The van der Waals surface area contributed by atoms with E-state index in [0.717, 1.165) is 4.47 Å². The molecule has 7 nitrogen and oxygen atoms in total.